The molecular formula is C24H31FN4O3S. The van der Waals surface area contributed by atoms with Crippen molar-refractivity contribution in [2.45, 2.75) is 36.7 Å². The maximum Gasteiger partial charge on any atom is 0.251 e. The van der Waals surface area contributed by atoms with Crippen molar-refractivity contribution in [3.63, 3.8) is 0 Å². The number of benzene rings is 2. The van der Waals surface area contributed by atoms with Crippen molar-refractivity contribution in [3.8, 4) is 0 Å². The maximum absolute atomic E-state index is 13.2. The molecule has 2 aromatic rings. The number of halogens is 1. The van der Waals surface area contributed by atoms with E-state index in [4.69, 9.17) is 0 Å². The average Bonchev–Trinajstić information content (AvgIpc) is 3.68. The van der Waals surface area contributed by atoms with Crippen molar-refractivity contribution >= 4 is 21.6 Å². The van der Waals surface area contributed by atoms with Crippen LogP contribution in [-0.2, 0) is 10.0 Å². The minimum Gasteiger partial charge on any atom is -0.369 e. The second-order valence-electron chi connectivity index (χ2n) is 8.85. The Labute approximate surface area is 195 Å². The minimum absolute atomic E-state index is 0.119. The number of sulfonamides is 1. The molecule has 33 heavy (non-hydrogen) atoms. The Kier molecular flexibility index (Phi) is 7.02. The summed E-state index contributed by atoms with van der Waals surface area (Å²) in [6, 6.07) is 13.2. The first-order valence-electron chi connectivity index (χ1n) is 11.4. The zero-order valence-corrected chi connectivity index (χ0v) is 19.9. The number of nitrogens with one attached hydrogen (secondary N) is 1. The number of anilines is 1. The van der Waals surface area contributed by atoms with E-state index in [1.807, 2.05) is 4.90 Å². The van der Waals surface area contributed by atoms with Gasteiger partial charge in [-0.3, -0.25) is 9.69 Å². The first kappa shape index (κ1) is 23.7. The van der Waals surface area contributed by atoms with Crippen molar-refractivity contribution in [2.75, 3.05) is 44.7 Å². The molecule has 1 saturated heterocycles. The van der Waals surface area contributed by atoms with Crippen molar-refractivity contribution in [2.24, 2.45) is 0 Å². The van der Waals surface area contributed by atoms with Gasteiger partial charge in [0, 0.05) is 56.1 Å². The van der Waals surface area contributed by atoms with E-state index >= 15 is 0 Å². The van der Waals surface area contributed by atoms with E-state index in [9.17, 15) is 17.6 Å². The van der Waals surface area contributed by atoms with E-state index in [1.54, 1.807) is 24.3 Å². The topological polar surface area (TPSA) is 73.0 Å². The second-order valence-corrected chi connectivity index (χ2v) is 10.8. The number of nitrogens with zero attached hydrogens (tertiary/aromatic N) is 3. The third-order valence-corrected chi connectivity index (χ3v) is 8.44. The van der Waals surface area contributed by atoms with Crippen molar-refractivity contribution in [3.05, 3.63) is 59.9 Å². The highest BCUT2D eigenvalue weighted by Gasteiger charge is 2.30. The average molecular weight is 475 g/mol. The summed E-state index contributed by atoms with van der Waals surface area (Å²) in [4.78, 5) is 17.1. The van der Waals surface area contributed by atoms with Gasteiger partial charge in [-0.15, -0.1) is 0 Å². The fourth-order valence-electron chi connectivity index (χ4n) is 4.11. The first-order valence-corrected chi connectivity index (χ1v) is 12.8. The van der Waals surface area contributed by atoms with Crippen LogP contribution in [0.15, 0.2) is 53.4 Å². The lowest BCUT2D eigenvalue weighted by Gasteiger charge is -2.35. The van der Waals surface area contributed by atoms with Crippen LogP contribution in [0.4, 0.5) is 10.1 Å². The summed E-state index contributed by atoms with van der Waals surface area (Å²) in [5.41, 5.74) is 1.20. The highest BCUT2D eigenvalue weighted by molar-refractivity contribution is 7.89. The summed E-state index contributed by atoms with van der Waals surface area (Å²) >= 11 is 0. The normalized spacial score (nSPS) is 18.4. The predicted molar refractivity (Wildman–Crippen MR) is 126 cm³/mol. The Balaban J connectivity index is 1.37. The highest BCUT2D eigenvalue weighted by atomic mass is 32.2. The second kappa shape index (κ2) is 9.79. The van der Waals surface area contributed by atoms with Gasteiger partial charge in [0.25, 0.3) is 5.91 Å². The number of hydrogen-bond donors (Lipinski definition) is 1. The number of carbonyl (C=O) groups excluding carboxylic acids is 1. The van der Waals surface area contributed by atoms with Crippen LogP contribution in [-0.4, -0.2) is 75.4 Å². The first-order chi connectivity index (χ1) is 15.8. The molecule has 0 spiro atoms. The van der Waals surface area contributed by atoms with Gasteiger partial charge < -0.3 is 10.2 Å². The molecule has 4 rings (SSSR count). The summed E-state index contributed by atoms with van der Waals surface area (Å²) in [6.45, 7) is 4.25. The Morgan fingerprint density at radius 1 is 1.12 bits per heavy atom. The highest BCUT2D eigenvalue weighted by Crippen LogP contribution is 2.27. The number of amides is 1. The summed E-state index contributed by atoms with van der Waals surface area (Å²) in [5, 5.41) is 2.93. The minimum atomic E-state index is -3.72. The molecule has 7 nitrogen and oxygen atoms in total. The Hall–Kier alpha value is -2.49. The molecule has 1 amide bonds. The molecule has 0 aromatic heterocycles. The third kappa shape index (κ3) is 5.54. The Bertz CT molecular complexity index is 1080. The van der Waals surface area contributed by atoms with Crippen LogP contribution >= 0.6 is 0 Å². The molecule has 1 N–H and O–H groups in total. The number of rotatable bonds is 8. The lowest BCUT2D eigenvalue weighted by Crippen LogP contribution is -2.48. The van der Waals surface area contributed by atoms with Gasteiger partial charge in [0.05, 0.1) is 4.90 Å². The Morgan fingerprint density at radius 3 is 2.42 bits per heavy atom. The van der Waals surface area contributed by atoms with Gasteiger partial charge in [0.2, 0.25) is 10.0 Å². The van der Waals surface area contributed by atoms with Gasteiger partial charge >= 0.3 is 0 Å². The number of piperazine rings is 1. The van der Waals surface area contributed by atoms with E-state index in [0.29, 0.717) is 44.3 Å². The molecule has 1 aliphatic heterocycles. The van der Waals surface area contributed by atoms with Crippen LogP contribution in [0.25, 0.3) is 0 Å². The standard InChI is InChI=1S/C24H31FN4O3S/c1-18(27(2)21-10-11-21)17-26-24(30)19-4-3-5-23(16-19)33(31,32)29-14-12-28(13-15-29)22-8-6-20(25)7-9-22/h3-9,16,18,21H,10-15,17H2,1-2H3,(H,26,30). The number of hydrogen-bond acceptors (Lipinski definition) is 5. The largest absolute Gasteiger partial charge is 0.369 e. The summed E-state index contributed by atoms with van der Waals surface area (Å²) in [7, 11) is -1.65. The molecule has 1 saturated carbocycles. The Morgan fingerprint density at radius 2 is 1.79 bits per heavy atom. The lowest BCUT2D eigenvalue weighted by molar-refractivity contribution is 0.0939. The number of carbonyl (C=O) groups is 1. The van der Waals surface area contributed by atoms with Gasteiger partial charge in [-0.25, -0.2) is 12.8 Å². The van der Waals surface area contributed by atoms with Crippen LogP contribution in [0.2, 0.25) is 0 Å². The molecule has 1 aliphatic carbocycles. The van der Waals surface area contributed by atoms with Crippen LogP contribution in [0.1, 0.15) is 30.1 Å². The molecule has 1 heterocycles. The van der Waals surface area contributed by atoms with Crippen molar-refractivity contribution in [1.82, 2.24) is 14.5 Å². The maximum atomic E-state index is 13.2. The zero-order chi connectivity index (χ0) is 23.6. The molecule has 2 aliphatic rings. The fourth-order valence-corrected chi connectivity index (χ4v) is 5.58. The predicted octanol–water partition coefficient (Wildman–Crippen LogP) is 2.55. The molecule has 0 radical (unpaired) electrons. The molecule has 0 bridgehead atoms. The van der Waals surface area contributed by atoms with Gasteiger partial charge in [-0.05, 0) is 69.3 Å². The fraction of sp³-hybridized carbons (Fsp3) is 0.458. The van der Waals surface area contributed by atoms with Crippen LogP contribution in [0.3, 0.4) is 0 Å². The van der Waals surface area contributed by atoms with E-state index in [-0.39, 0.29) is 22.7 Å². The van der Waals surface area contributed by atoms with Crippen molar-refractivity contribution < 1.29 is 17.6 Å². The zero-order valence-electron chi connectivity index (χ0n) is 19.1. The third-order valence-electron chi connectivity index (χ3n) is 6.54. The molecule has 1 atom stereocenters. The molecule has 178 valence electrons. The molecule has 2 fully saturated rings. The van der Waals surface area contributed by atoms with Gasteiger partial charge in [0.15, 0.2) is 0 Å². The molecule has 1 unspecified atom stereocenters. The molecule has 9 heteroatoms. The van der Waals surface area contributed by atoms with Crippen LogP contribution in [0.5, 0.6) is 0 Å². The van der Waals surface area contributed by atoms with E-state index in [0.717, 1.165) is 5.69 Å². The number of likely N-dealkylation sites (N-methyl/N-ethyl adjacent to an activating group) is 1. The molecule has 2 aromatic carbocycles. The smallest absolute Gasteiger partial charge is 0.251 e. The lowest BCUT2D eigenvalue weighted by atomic mass is 10.2. The SMILES string of the molecule is CC(CNC(=O)c1cccc(S(=O)(=O)N2CCN(c3ccc(F)cc3)CC2)c1)N(C)C1CC1. The summed E-state index contributed by atoms with van der Waals surface area (Å²) < 4.78 is 41.0. The van der Waals surface area contributed by atoms with Gasteiger partial charge in [0.1, 0.15) is 5.82 Å². The van der Waals surface area contributed by atoms with Crippen LogP contribution in [0, 0.1) is 5.82 Å². The summed E-state index contributed by atoms with van der Waals surface area (Å²) in [5.74, 6) is -0.572. The quantitative estimate of drug-likeness (QED) is 0.637. The van der Waals surface area contributed by atoms with Crippen molar-refractivity contribution in [1.29, 1.82) is 0 Å². The van der Waals surface area contributed by atoms with E-state index in [2.05, 4.69) is 24.2 Å². The molecular weight excluding hydrogens is 443 g/mol. The summed E-state index contributed by atoms with van der Waals surface area (Å²) in [6.07, 6.45) is 2.40. The van der Waals surface area contributed by atoms with Gasteiger partial charge in [-0.2, -0.15) is 4.31 Å². The van der Waals surface area contributed by atoms with E-state index < -0.39 is 10.0 Å². The van der Waals surface area contributed by atoms with Crippen LogP contribution < -0.4 is 10.2 Å². The van der Waals surface area contributed by atoms with E-state index in [1.165, 1.54) is 41.4 Å². The van der Waals surface area contributed by atoms with Gasteiger partial charge in [-0.1, -0.05) is 6.07 Å². The monoisotopic (exact) mass is 474 g/mol.